The Balaban J connectivity index is 0.000001000. The van der Waals surface area contributed by atoms with Gasteiger partial charge in [-0.05, 0) is 17.5 Å². The van der Waals surface area contributed by atoms with Crippen LogP contribution in [0.25, 0.3) is 0 Å². The van der Waals surface area contributed by atoms with Gasteiger partial charge in [-0.1, -0.05) is 31.2 Å². The molecule has 1 aromatic carbocycles. The van der Waals surface area contributed by atoms with E-state index in [0.717, 1.165) is 6.42 Å². The molecule has 0 spiro atoms. The van der Waals surface area contributed by atoms with Crippen LogP contribution in [0.1, 0.15) is 18.1 Å². The summed E-state index contributed by atoms with van der Waals surface area (Å²) in [5.41, 5.74) is 2.61. The van der Waals surface area contributed by atoms with Crippen molar-refractivity contribution in [3.05, 3.63) is 35.4 Å². The van der Waals surface area contributed by atoms with E-state index in [0.29, 0.717) is 5.88 Å². The Morgan fingerprint density at radius 3 is 2.09 bits per heavy atom. The summed E-state index contributed by atoms with van der Waals surface area (Å²) in [6, 6.07) is 8.27. The maximum absolute atomic E-state index is 5.71. The maximum Gasteiger partial charge on any atom is 0.187 e. The van der Waals surface area contributed by atoms with Crippen LogP contribution in [-0.4, -0.2) is 17.4 Å². The second-order valence-electron chi connectivity index (χ2n) is 2.26. The van der Waals surface area contributed by atoms with Crippen molar-refractivity contribution in [1.82, 2.24) is 0 Å². The lowest BCUT2D eigenvalue weighted by Gasteiger charge is -2.01. The Hall–Kier alpha value is 0.0425. The molecule has 60 valence electrons. The van der Waals surface area contributed by atoms with Crippen LogP contribution in [0.2, 0.25) is 0 Å². The molecule has 0 saturated heterocycles. The highest BCUT2D eigenvalue weighted by Crippen LogP contribution is 2.11. The highest BCUT2D eigenvalue weighted by Gasteiger charge is 1.95. The van der Waals surface area contributed by atoms with E-state index in [1.165, 1.54) is 11.1 Å². The minimum absolute atomic E-state index is 0. The van der Waals surface area contributed by atoms with Gasteiger partial charge in [-0.3, -0.25) is 0 Å². The summed E-state index contributed by atoms with van der Waals surface area (Å²) in [6.07, 6.45) is 1.07. The summed E-state index contributed by atoms with van der Waals surface area (Å²) >= 11 is 5.71. The van der Waals surface area contributed by atoms with E-state index < -0.39 is 0 Å². The van der Waals surface area contributed by atoms with Crippen LogP contribution >= 0.6 is 11.6 Å². The van der Waals surface area contributed by atoms with Crippen LogP contribution in [0, 0.1) is 0 Å². The zero-order chi connectivity index (χ0) is 7.40. The molecule has 0 fully saturated rings. The molecule has 0 heterocycles. The van der Waals surface area contributed by atoms with E-state index >= 15 is 0 Å². The Morgan fingerprint density at radius 2 is 1.73 bits per heavy atom. The Kier molecular flexibility index (Phi) is 5.68. The van der Waals surface area contributed by atoms with Crippen molar-refractivity contribution < 1.29 is 0 Å². The third-order valence-corrected chi connectivity index (χ3v) is 1.93. The largest absolute Gasteiger partial charge is 0.187 e. The SMILES string of the molecule is CCc1ccccc1CCl.[AlH3]. The van der Waals surface area contributed by atoms with Gasteiger partial charge in [-0.2, -0.15) is 0 Å². The highest BCUT2D eigenvalue weighted by molar-refractivity contribution is 6.17. The highest BCUT2D eigenvalue weighted by atomic mass is 35.5. The van der Waals surface area contributed by atoms with Crippen molar-refractivity contribution >= 4 is 29.0 Å². The minimum atomic E-state index is 0. The third kappa shape index (κ3) is 2.87. The average molecular weight is 185 g/mol. The van der Waals surface area contributed by atoms with E-state index in [1.807, 2.05) is 6.07 Å². The predicted molar refractivity (Wildman–Crippen MR) is 55.3 cm³/mol. The van der Waals surface area contributed by atoms with Gasteiger partial charge in [0.05, 0.1) is 0 Å². The lowest BCUT2D eigenvalue weighted by atomic mass is 10.1. The zero-order valence-electron chi connectivity index (χ0n) is 6.10. The van der Waals surface area contributed by atoms with E-state index in [4.69, 9.17) is 11.6 Å². The smallest absolute Gasteiger partial charge is 0.122 e. The molecule has 1 aromatic rings. The van der Waals surface area contributed by atoms with Gasteiger partial charge in [0.15, 0.2) is 17.4 Å². The fraction of sp³-hybridized carbons (Fsp3) is 0.333. The monoisotopic (exact) mass is 184 g/mol. The number of hydrogen-bond acceptors (Lipinski definition) is 0. The van der Waals surface area contributed by atoms with Gasteiger partial charge in [0.2, 0.25) is 0 Å². The topological polar surface area (TPSA) is 0 Å². The summed E-state index contributed by atoms with van der Waals surface area (Å²) in [5, 5.41) is 0. The second-order valence-corrected chi connectivity index (χ2v) is 2.52. The maximum atomic E-state index is 5.71. The Bertz CT molecular complexity index is 187. The molecule has 0 aliphatic heterocycles. The molecule has 1 rings (SSSR count). The van der Waals surface area contributed by atoms with Gasteiger partial charge in [0.1, 0.15) is 0 Å². The minimum Gasteiger partial charge on any atom is -0.122 e. The molecule has 0 radical (unpaired) electrons. The molecule has 0 amide bonds. The molecule has 0 saturated carbocycles. The lowest BCUT2D eigenvalue weighted by molar-refractivity contribution is 1.10. The molecular weight excluding hydrogens is 171 g/mol. The quantitative estimate of drug-likeness (QED) is 0.486. The van der Waals surface area contributed by atoms with Gasteiger partial charge in [0, 0.05) is 5.88 Å². The van der Waals surface area contributed by atoms with Crippen molar-refractivity contribution in [3.8, 4) is 0 Å². The van der Waals surface area contributed by atoms with Crippen LogP contribution in [0.4, 0.5) is 0 Å². The molecule has 2 heteroatoms. The van der Waals surface area contributed by atoms with Crippen LogP contribution in [0.3, 0.4) is 0 Å². The molecule has 0 aliphatic rings. The summed E-state index contributed by atoms with van der Waals surface area (Å²) < 4.78 is 0. The standard InChI is InChI=1S/C9H11Cl.Al.3H/c1-2-8-5-3-4-6-9(8)7-10;;;;/h3-6H,2,7H2,1H3;;;;. The van der Waals surface area contributed by atoms with Gasteiger partial charge in [-0.15, -0.1) is 11.6 Å². The van der Waals surface area contributed by atoms with Crippen molar-refractivity contribution in [3.63, 3.8) is 0 Å². The van der Waals surface area contributed by atoms with Crippen LogP contribution < -0.4 is 0 Å². The van der Waals surface area contributed by atoms with Crippen molar-refractivity contribution in [1.29, 1.82) is 0 Å². The normalized spacial score (nSPS) is 8.91. The van der Waals surface area contributed by atoms with Crippen LogP contribution in [0.5, 0.6) is 0 Å². The Labute approximate surface area is 83.7 Å². The summed E-state index contributed by atoms with van der Waals surface area (Å²) in [6.45, 7) is 2.14. The summed E-state index contributed by atoms with van der Waals surface area (Å²) in [5.74, 6) is 0.629. The van der Waals surface area contributed by atoms with E-state index in [1.54, 1.807) is 0 Å². The third-order valence-electron chi connectivity index (χ3n) is 1.64. The molecule has 0 atom stereocenters. The first-order valence-electron chi connectivity index (χ1n) is 3.51. The molecule has 11 heavy (non-hydrogen) atoms. The van der Waals surface area contributed by atoms with E-state index in [-0.39, 0.29) is 17.4 Å². The van der Waals surface area contributed by atoms with E-state index in [9.17, 15) is 0 Å². The number of hydrogen-bond donors (Lipinski definition) is 0. The van der Waals surface area contributed by atoms with Gasteiger partial charge in [-0.25, -0.2) is 0 Å². The van der Waals surface area contributed by atoms with Crippen molar-refractivity contribution in [2.24, 2.45) is 0 Å². The van der Waals surface area contributed by atoms with Crippen LogP contribution in [0.15, 0.2) is 24.3 Å². The summed E-state index contributed by atoms with van der Waals surface area (Å²) in [4.78, 5) is 0. The number of aryl methyl sites for hydroxylation is 1. The molecule has 0 unspecified atom stereocenters. The predicted octanol–water partition coefficient (Wildman–Crippen LogP) is 1.80. The van der Waals surface area contributed by atoms with Crippen LogP contribution in [-0.2, 0) is 12.3 Å². The fourth-order valence-electron chi connectivity index (χ4n) is 1.03. The fourth-order valence-corrected chi connectivity index (χ4v) is 1.29. The molecule has 0 bridgehead atoms. The first kappa shape index (κ1) is 11.0. The number of halogens is 1. The molecular formula is C9H14AlCl. The number of rotatable bonds is 2. The Morgan fingerprint density at radius 1 is 1.18 bits per heavy atom. The average Bonchev–Trinajstić information content (AvgIpc) is 2.04. The molecule has 0 aliphatic carbocycles. The van der Waals surface area contributed by atoms with Gasteiger partial charge >= 0.3 is 0 Å². The molecule has 0 N–H and O–H groups in total. The van der Waals surface area contributed by atoms with Gasteiger partial charge < -0.3 is 0 Å². The lowest BCUT2D eigenvalue weighted by Crippen LogP contribution is -1.86. The second kappa shape index (κ2) is 5.66. The molecule has 0 nitrogen and oxygen atoms in total. The molecule has 0 aromatic heterocycles. The van der Waals surface area contributed by atoms with Crippen molar-refractivity contribution in [2.75, 3.05) is 0 Å². The van der Waals surface area contributed by atoms with E-state index in [2.05, 4.69) is 25.1 Å². The van der Waals surface area contributed by atoms with Crippen molar-refractivity contribution in [2.45, 2.75) is 19.2 Å². The first-order valence-corrected chi connectivity index (χ1v) is 4.04. The van der Waals surface area contributed by atoms with Gasteiger partial charge in [0.25, 0.3) is 0 Å². The number of benzene rings is 1. The summed E-state index contributed by atoms with van der Waals surface area (Å²) in [7, 11) is 0. The zero-order valence-corrected chi connectivity index (χ0v) is 6.86. The first-order chi connectivity index (χ1) is 4.88. The number of alkyl halides is 1.